The van der Waals surface area contributed by atoms with Gasteiger partial charge in [0.1, 0.15) is 6.54 Å². The number of rotatable bonds is 6. The Kier molecular flexibility index (Phi) is 6.46. The zero-order valence-corrected chi connectivity index (χ0v) is 13.1. The lowest BCUT2D eigenvalue weighted by Crippen LogP contribution is -2.43. The molecule has 0 fully saturated rings. The van der Waals surface area contributed by atoms with E-state index in [2.05, 4.69) is 26.6 Å². The average molecular weight is 364 g/mol. The van der Waals surface area contributed by atoms with E-state index in [9.17, 15) is 14.4 Å². The lowest BCUT2D eigenvalue weighted by molar-refractivity contribution is -0.137. The zero-order chi connectivity index (χ0) is 15.1. The number of amides is 3. The minimum absolute atomic E-state index is 0.259. The van der Waals surface area contributed by atoms with Crippen LogP contribution in [0.2, 0.25) is 0 Å². The molecule has 3 amide bonds. The second-order valence-corrected chi connectivity index (χ2v) is 5.83. The van der Waals surface area contributed by atoms with Crippen LogP contribution in [0.15, 0.2) is 15.9 Å². The first-order valence-electron chi connectivity index (χ1n) is 5.59. The quantitative estimate of drug-likeness (QED) is 0.697. The molecule has 0 spiro atoms. The van der Waals surface area contributed by atoms with E-state index in [1.165, 1.54) is 16.2 Å². The molecular weight excluding hydrogens is 350 g/mol. The van der Waals surface area contributed by atoms with Gasteiger partial charge in [-0.15, -0.1) is 11.3 Å². The summed E-state index contributed by atoms with van der Waals surface area (Å²) in [6.45, 7) is -0.294. The van der Waals surface area contributed by atoms with Gasteiger partial charge in [0.05, 0.1) is 13.1 Å². The molecule has 20 heavy (non-hydrogen) atoms. The maximum Gasteiger partial charge on any atom is 0.322 e. The third kappa shape index (κ3) is 6.02. The van der Waals surface area contributed by atoms with Crippen molar-refractivity contribution in [3.63, 3.8) is 0 Å². The van der Waals surface area contributed by atoms with Gasteiger partial charge in [0.2, 0.25) is 5.91 Å². The number of carboxylic acid groups (broad SMARTS) is 1. The van der Waals surface area contributed by atoms with Crippen molar-refractivity contribution < 1.29 is 19.5 Å². The number of halogens is 1. The highest BCUT2D eigenvalue weighted by Crippen LogP contribution is 2.20. The Morgan fingerprint density at radius 2 is 2.05 bits per heavy atom. The SMILES string of the molecule is CN(Cc1cc(Br)cs1)C(=O)NCC(=O)NCC(=O)O. The number of nitrogens with one attached hydrogen (secondary N) is 2. The van der Waals surface area contributed by atoms with Gasteiger partial charge in [-0.2, -0.15) is 0 Å². The Morgan fingerprint density at radius 1 is 1.35 bits per heavy atom. The number of carboxylic acids is 1. The average Bonchev–Trinajstić information content (AvgIpc) is 2.78. The normalized spacial score (nSPS) is 9.90. The third-order valence-corrected chi connectivity index (χ3v) is 3.88. The van der Waals surface area contributed by atoms with Crippen molar-refractivity contribution in [1.29, 1.82) is 0 Å². The van der Waals surface area contributed by atoms with Gasteiger partial charge in [-0.25, -0.2) is 4.79 Å². The molecule has 0 aliphatic carbocycles. The molecule has 9 heteroatoms. The van der Waals surface area contributed by atoms with E-state index in [1.54, 1.807) is 7.05 Å². The minimum Gasteiger partial charge on any atom is -0.480 e. The van der Waals surface area contributed by atoms with E-state index >= 15 is 0 Å². The Morgan fingerprint density at radius 3 is 2.60 bits per heavy atom. The second-order valence-electron chi connectivity index (χ2n) is 3.92. The van der Waals surface area contributed by atoms with Gasteiger partial charge in [-0.05, 0) is 22.0 Å². The largest absolute Gasteiger partial charge is 0.480 e. The molecule has 110 valence electrons. The summed E-state index contributed by atoms with van der Waals surface area (Å²) in [6.07, 6.45) is 0. The summed E-state index contributed by atoms with van der Waals surface area (Å²) in [7, 11) is 1.61. The number of thiophene rings is 1. The van der Waals surface area contributed by atoms with Crippen molar-refractivity contribution >= 4 is 45.2 Å². The lowest BCUT2D eigenvalue weighted by Gasteiger charge is -2.16. The fourth-order valence-corrected chi connectivity index (χ4v) is 2.77. The summed E-state index contributed by atoms with van der Waals surface area (Å²) in [6, 6.07) is 1.51. The van der Waals surface area contributed by atoms with Crippen LogP contribution in [-0.4, -0.2) is 48.1 Å². The standard InChI is InChI=1S/C11H14BrN3O4S/c1-15(5-8-2-7(12)6-20-8)11(19)14-3-9(16)13-4-10(17)18/h2,6H,3-5H2,1H3,(H,13,16)(H,14,19)(H,17,18). The van der Waals surface area contributed by atoms with E-state index in [1.807, 2.05) is 11.4 Å². The Bertz CT molecular complexity index is 506. The van der Waals surface area contributed by atoms with Crippen LogP contribution in [0.4, 0.5) is 4.79 Å². The van der Waals surface area contributed by atoms with Gasteiger partial charge in [0, 0.05) is 21.8 Å². The van der Waals surface area contributed by atoms with Gasteiger partial charge >= 0.3 is 12.0 Å². The van der Waals surface area contributed by atoms with Crippen LogP contribution < -0.4 is 10.6 Å². The van der Waals surface area contributed by atoms with Gasteiger partial charge < -0.3 is 20.6 Å². The number of nitrogens with zero attached hydrogens (tertiary/aromatic N) is 1. The summed E-state index contributed by atoms with van der Waals surface area (Å²) in [5.41, 5.74) is 0. The zero-order valence-electron chi connectivity index (χ0n) is 10.7. The smallest absolute Gasteiger partial charge is 0.322 e. The number of carbonyl (C=O) groups is 3. The van der Waals surface area contributed by atoms with E-state index < -0.39 is 24.5 Å². The first-order valence-corrected chi connectivity index (χ1v) is 7.26. The molecule has 0 radical (unpaired) electrons. The molecule has 0 unspecified atom stereocenters. The first-order chi connectivity index (χ1) is 9.38. The highest BCUT2D eigenvalue weighted by Gasteiger charge is 2.12. The Balaban J connectivity index is 2.31. The van der Waals surface area contributed by atoms with E-state index in [-0.39, 0.29) is 6.54 Å². The van der Waals surface area contributed by atoms with Gasteiger partial charge in [0.15, 0.2) is 0 Å². The molecule has 7 nitrogen and oxygen atoms in total. The fraction of sp³-hybridized carbons (Fsp3) is 0.364. The van der Waals surface area contributed by atoms with Crippen LogP contribution in [0.3, 0.4) is 0 Å². The first kappa shape index (κ1) is 16.4. The molecule has 1 rings (SSSR count). The summed E-state index contributed by atoms with van der Waals surface area (Å²) < 4.78 is 0.958. The molecule has 0 saturated heterocycles. The fourth-order valence-electron chi connectivity index (χ4n) is 1.27. The summed E-state index contributed by atoms with van der Waals surface area (Å²) in [5, 5.41) is 14.9. The molecule has 0 aliphatic heterocycles. The summed E-state index contributed by atoms with van der Waals surface area (Å²) in [5.74, 6) is -1.68. The van der Waals surface area contributed by atoms with E-state index in [4.69, 9.17) is 5.11 Å². The van der Waals surface area contributed by atoms with Crippen LogP contribution >= 0.6 is 27.3 Å². The molecular formula is C11H14BrN3O4S. The second kappa shape index (κ2) is 7.85. The predicted molar refractivity (Wildman–Crippen MR) is 77.5 cm³/mol. The van der Waals surface area contributed by atoms with Crippen LogP contribution in [0, 0.1) is 0 Å². The Labute approximate surface area is 128 Å². The van der Waals surface area contributed by atoms with Crippen molar-refractivity contribution in [2.45, 2.75) is 6.54 Å². The maximum absolute atomic E-state index is 11.7. The lowest BCUT2D eigenvalue weighted by atomic mass is 10.4. The van der Waals surface area contributed by atoms with Crippen molar-refractivity contribution in [1.82, 2.24) is 15.5 Å². The summed E-state index contributed by atoms with van der Waals surface area (Å²) >= 11 is 4.85. The predicted octanol–water partition coefficient (Wildman–Crippen LogP) is 0.853. The van der Waals surface area contributed by atoms with Crippen LogP contribution in [0.25, 0.3) is 0 Å². The molecule has 0 bridgehead atoms. The van der Waals surface area contributed by atoms with Crippen molar-refractivity contribution in [2.24, 2.45) is 0 Å². The van der Waals surface area contributed by atoms with Crippen LogP contribution in [-0.2, 0) is 16.1 Å². The number of aliphatic carboxylic acids is 1. The minimum atomic E-state index is -1.13. The molecule has 1 heterocycles. The van der Waals surface area contributed by atoms with Crippen LogP contribution in [0.5, 0.6) is 0 Å². The third-order valence-electron chi connectivity index (χ3n) is 2.20. The molecule has 0 aliphatic rings. The summed E-state index contributed by atoms with van der Waals surface area (Å²) in [4.78, 5) is 35.6. The number of hydrogen-bond donors (Lipinski definition) is 3. The van der Waals surface area contributed by atoms with Gasteiger partial charge in [0.25, 0.3) is 0 Å². The highest BCUT2D eigenvalue weighted by molar-refractivity contribution is 9.10. The van der Waals surface area contributed by atoms with Crippen molar-refractivity contribution in [3.8, 4) is 0 Å². The molecule has 0 atom stereocenters. The van der Waals surface area contributed by atoms with Gasteiger partial charge in [-0.3, -0.25) is 9.59 Å². The number of urea groups is 1. The van der Waals surface area contributed by atoms with Gasteiger partial charge in [-0.1, -0.05) is 0 Å². The van der Waals surface area contributed by atoms with Crippen molar-refractivity contribution in [2.75, 3.05) is 20.1 Å². The number of hydrogen-bond acceptors (Lipinski definition) is 4. The van der Waals surface area contributed by atoms with Crippen molar-refractivity contribution in [3.05, 3.63) is 20.8 Å². The molecule has 1 aromatic heterocycles. The highest BCUT2D eigenvalue weighted by atomic mass is 79.9. The molecule has 1 aromatic rings. The maximum atomic E-state index is 11.7. The Hall–Kier alpha value is -1.61. The van der Waals surface area contributed by atoms with E-state index in [0.717, 1.165) is 9.35 Å². The molecule has 0 saturated carbocycles. The molecule has 0 aromatic carbocycles. The number of carbonyl (C=O) groups excluding carboxylic acids is 2. The molecule has 3 N–H and O–H groups in total. The van der Waals surface area contributed by atoms with Crippen LogP contribution in [0.1, 0.15) is 4.88 Å². The monoisotopic (exact) mass is 363 g/mol. The van der Waals surface area contributed by atoms with E-state index in [0.29, 0.717) is 6.54 Å². The topological polar surface area (TPSA) is 98.7 Å².